The van der Waals surface area contributed by atoms with E-state index in [0.29, 0.717) is 10.2 Å². The lowest BCUT2D eigenvalue weighted by atomic mass is 10.7. The first-order chi connectivity index (χ1) is 6.74. The Balaban J connectivity index is 2.25. The van der Waals surface area contributed by atoms with Crippen LogP contribution in [0.5, 0.6) is 0 Å². The molecule has 2 aromatic rings. The van der Waals surface area contributed by atoms with Gasteiger partial charge in [-0.25, -0.2) is 9.97 Å². The van der Waals surface area contributed by atoms with E-state index in [2.05, 4.69) is 20.2 Å². The van der Waals surface area contributed by atoms with Gasteiger partial charge in [0.05, 0.1) is 0 Å². The summed E-state index contributed by atoms with van der Waals surface area (Å²) < 4.78 is 0.788. The summed E-state index contributed by atoms with van der Waals surface area (Å²) in [6.45, 7) is 0. The van der Waals surface area contributed by atoms with Gasteiger partial charge >= 0.3 is 0 Å². The molecular formula is C6H2Cl2N4S2. The molecule has 0 aliphatic heterocycles. The van der Waals surface area contributed by atoms with Gasteiger partial charge in [0.25, 0.3) is 0 Å². The lowest BCUT2D eigenvalue weighted by Crippen LogP contribution is -1.85. The van der Waals surface area contributed by atoms with Crippen LogP contribution in [-0.4, -0.2) is 20.2 Å². The lowest BCUT2D eigenvalue weighted by Gasteiger charge is -1.97. The Morgan fingerprint density at radius 3 is 2.79 bits per heavy atom. The van der Waals surface area contributed by atoms with E-state index in [1.54, 1.807) is 11.6 Å². The first-order valence-corrected chi connectivity index (χ1v) is 5.83. The fourth-order valence-corrected chi connectivity index (χ4v) is 2.67. The summed E-state index contributed by atoms with van der Waals surface area (Å²) in [4.78, 5) is 7.72. The van der Waals surface area contributed by atoms with E-state index in [1.165, 1.54) is 23.1 Å². The maximum atomic E-state index is 5.71. The van der Waals surface area contributed by atoms with Gasteiger partial charge in [-0.1, -0.05) is 22.9 Å². The largest absolute Gasteiger partial charge is 0.224 e. The molecule has 14 heavy (non-hydrogen) atoms. The Morgan fingerprint density at radius 1 is 1.29 bits per heavy atom. The molecule has 0 aromatic carbocycles. The van der Waals surface area contributed by atoms with Crippen LogP contribution in [-0.2, 0) is 0 Å². The van der Waals surface area contributed by atoms with Crippen molar-refractivity contribution in [1.29, 1.82) is 0 Å². The third-order valence-corrected chi connectivity index (χ3v) is 3.23. The molecule has 0 unspecified atom stereocenters. The summed E-state index contributed by atoms with van der Waals surface area (Å²) in [5.74, 6) is 0. The zero-order chi connectivity index (χ0) is 9.97. The smallest absolute Gasteiger partial charge is 0.211 e. The van der Waals surface area contributed by atoms with E-state index in [1.807, 2.05) is 0 Å². The van der Waals surface area contributed by atoms with E-state index in [9.17, 15) is 0 Å². The van der Waals surface area contributed by atoms with Gasteiger partial charge in [-0.2, -0.15) is 0 Å². The molecule has 0 radical (unpaired) electrons. The van der Waals surface area contributed by atoms with Crippen molar-refractivity contribution in [3.8, 4) is 0 Å². The highest BCUT2D eigenvalue weighted by Crippen LogP contribution is 2.28. The zero-order valence-electron chi connectivity index (χ0n) is 6.52. The van der Waals surface area contributed by atoms with Crippen LogP contribution >= 0.6 is 46.3 Å². The minimum Gasteiger partial charge on any atom is -0.211 e. The molecule has 0 saturated carbocycles. The SMILES string of the molecule is Clc1cc(Sc2nncs2)nc(Cl)n1. The van der Waals surface area contributed by atoms with Crippen LogP contribution < -0.4 is 0 Å². The number of halogens is 2. The van der Waals surface area contributed by atoms with Crippen LogP contribution in [0, 0.1) is 0 Å². The molecule has 0 spiro atoms. The van der Waals surface area contributed by atoms with E-state index in [-0.39, 0.29) is 5.28 Å². The molecule has 0 N–H and O–H groups in total. The fraction of sp³-hybridized carbons (Fsp3) is 0. The predicted molar refractivity (Wildman–Crippen MR) is 56.1 cm³/mol. The highest BCUT2D eigenvalue weighted by molar-refractivity contribution is 8.00. The first-order valence-electron chi connectivity index (χ1n) is 3.38. The van der Waals surface area contributed by atoms with Crippen LogP contribution in [0.15, 0.2) is 20.9 Å². The van der Waals surface area contributed by atoms with Crippen molar-refractivity contribution in [3.05, 3.63) is 22.0 Å². The van der Waals surface area contributed by atoms with E-state index in [0.717, 1.165) is 4.34 Å². The number of hydrogen-bond acceptors (Lipinski definition) is 6. The molecule has 0 fully saturated rings. The molecular weight excluding hydrogens is 263 g/mol. The Hall–Kier alpha value is -0.430. The molecule has 2 aromatic heterocycles. The Labute approximate surface area is 97.7 Å². The molecule has 0 amide bonds. The monoisotopic (exact) mass is 264 g/mol. The topological polar surface area (TPSA) is 51.6 Å². The highest BCUT2D eigenvalue weighted by atomic mass is 35.5. The molecule has 0 aliphatic carbocycles. The quantitative estimate of drug-likeness (QED) is 0.617. The molecule has 0 saturated heterocycles. The second kappa shape index (κ2) is 4.39. The van der Waals surface area contributed by atoms with Gasteiger partial charge in [-0.05, 0) is 23.4 Å². The van der Waals surface area contributed by atoms with Gasteiger partial charge in [0.2, 0.25) is 5.28 Å². The second-order valence-corrected chi connectivity index (χ2v) is 4.93. The molecule has 72 valence electrons. The molecule has 0 bridgehead atoms. The summed E-state index contributed by atoms with van der Waals surface area (Å²) in [6.07, 6.45) is 0. The van der Waals surface area contributed by atoms with Crippen molar-refractivity contribution < 1.29 is 0 Å². The van der Waals surface area contributed by atoms with E-state index < -0.39 is 0 Å². The average molecular weight is 265 g/mol. The Morgan fingerprint density at radius 2 is 2.14 bits per heavy atom. The molecule has 2 rings (SSSR count). The van der Waals surface area contributed by atoms with Crippen molar-refractivity contribution in [1.82, 2.24) is 20.2 Å². The Kier molecular flexibility index (Phi) is 3.17. The average Bonchev–Trinajstić information content (AvgIpc) is 2.54. The van der Waals surface area contributed by atoms with Crippen molar-refractivity contribution in [2.24, 2.45) is 0 Å². The zero-order valence-corrected chi connectivity index (χ0v) is 9.66. The molecule has 4 nitrogen and oxygen atoms in total. The minimum atomic E-state index is 0.129. The third kappa shape index (κ3) is 2.54. The molecule has 2 heterocycles. The second-order valence-electron chi connectivity index (χ2n) is 2.10. The van der Waals surface area contributed by atoms with Gasteiger partial charge in [0.1, 0.15) is 15.7 Å². The van der Waals surface area contributed by atoms with Crippen LogP contribution in [0.3, 0.4) is 0 Å². The summed E-state index contributed by atoms with van der Waals surface area (Å²) in [7, 11) is 0. The van der Waals surface area contributed by atoms with Crippen molar-refractivity contribution >= 4 is 46.3 Å². The van der Waals surface area contributed by atoms with Crippen molar-refractivity contribution in [2.75, 3.05) is 0 Å². The third-order valence-electron chi connectivity index (χ3n) is 1.18. The number of rotatable bonds is 2. The summed E-state index contributed by atoms with van der Waals surface area (Å²) in [6, 6.07) is 1.62. The van der Waals surface area contributed by atoms with Crippen molar-refractivity contribution in [2.45, 2.75) is 9.37 Å². The first kappa shape index (κ1) is 10.1. The normalized spacial score (nSPS) is 10.4. The summed E-state index contributed by atoms with van der Waals surface area (Å²) in [5, 5.41) is 8.66. The van der Waals surface area contributed by atoms with E-state index >= 15 is 0 Å². The number of nitrogens with zero attached hydrogens (tertiary/aromatic N) is 4. The molecule has 8 heteroatoms. The predicted octanol–water partition coefficient (Wildman–Crippen LogP) is 2.79. The maximum absolute atomic E-state index is 5.71. The van der Waals surface area contributed by atoms with Gasteiger partial charge in [-0.15, -0.1) is 10.2 Å². The fourth-order valence-electron chi connectivity index (χ4n) is 0.720. The summed E-state index contributed by atoms with van der Waals surface area (Å²) in [5.41, 5.74) is 1.65. The van der Waals surface area contributed by atoms with Gasteiger partial charge in [-0.3, -0.25) is 0 Å². The maximum Gasteiger partial charge on any atom is 0.224 e. The van der Waals surface area contributed by atoms with E-state index in [4.69, 9.17) is 23.2 Å². The molecule has 0 aliphatic rings. The molecule has 0 atom stereocenters. The van der Waals surface area contributed by atoms with Crippen LogP contribution in [0.4, 0.5) is 0 Å². The van der Waals surface area contributed by atoms with Crippen LogP contribution in [0.1, 0.15) is 0 Å². The minimum absolute atomic E-state index is 0.129. The van der Waals surface area contributed by atoms with Gasteiger partial charge < -0.3 is 0 Å². The van der Waals surface area contributed by atoms with Crippen molar-refractivity contribution in [3.63, 3.8) is 0 Å². The van der Waals surface area contributed by atoms with Crippen LogP contribution in [0.25, 0.3) is 0 Å². The number of hydrogen-bond donors (Lipinski definition) is 0. The number of aromatic nitrogens is 4. The van der Waals surface area contributed by atoms with Gasteiger partial charge in [0.15, 0.2) is 4.34 Å². The van der Waals surface area contributed by atoms with Crippen LogP contribution in [0.2, 0.25) is 10.4 Å². The summed E-state index contributed by atoms with van der Waals surface area (Å²) >= 11 is 14.1. The Bertz CT molecular complexity index is 413. The standard InChI is InChI=1S/C6H2Cl2N4S2/c7-3-1-4(11-5(8)10-3)14-6-12-9-2-13-6/h1-2H. The highest BCUT2D eigenvalue weighted by Gasteiger charge is 2.05. The van der Waals surface area contributed by atoms with Gasteiger partial charge in [0, 0.05) is 6.07 Å². The lowest BCUT2D eigenvalue weighted by molar-refractivity contribution is 0.999.